The summed E-state index contributed by atoms with van der Waals surface area (Å²) >= 11 is 1.35. The zero-order valence-corrected chi connectivity index (χ0v) is 16.3. The Morgan fingerprint density at radius 3 is 2.62 bits per heavy atom. The second-order valence-electron chi connectivity index (χ2n) is 6.06. The Hall–Kier alpha value is -2.65. The number of nitriles is 1. The van der Waals surface area contributed by atoms with Crippen molar-refractivity contribution in [3.05, 3.63) is 50.5 Å². The van der Waals surface area contributed by atoms with Crippen LogP contribution in [0.25, 0.3) is 6.08 Å². The number of aryl methyl sites for hydroxylation is 2. The van der Waals surface area contributed by atoms with Crippen molar-refractivity contribution in [1.29, 1.82) is 5.26 Å². The number of ketones is 1. The lowest BCUT2D eigenvalue weighted by Crippen LogP contribution is -2.14. The number of nitrogens with zero attached hydrogens (tertiary/aromatic N) is 2. The number of esters is 1. The molecule has 0 unspecified atom stereocenters. The Balaban J connectivity index is 2.11. The molecule has 0 spiro atoms. The van der Waals surface area contributed by atoms with Crippen LogP contribution in [0.1, 0.15) is 44.8 Å². The van der Waals surface area contributed by atoms with Crippen LogP contribution in [-0.4, -0.2) is 22.9 Å². The van der Waals surface area contributed by atoms with Gasteiger partial charge in [0, 0.05) is 22.8 Å². The zero-order chi connectivity index (χ0) is 19.3. The number of thiophene rings is 1. The molecule has 0 saturated carbocycles. The number of hydrogen-bond acceptors (Lipinski definition) is 5. The number of rotatable bonds is 7. The van der Waals surface area contributed by atoms with E-state index >= 15 is 0 Å². The Labute approximate surface area is 157 Å². The van der Waals surface area contributed by atoms with Gasteiger partial charge in [-0.05, 0) is 57.0 Å². The van der Waals surface area contributed by atoms with Crippen LogP contribution >= 0.6 is 11.3 Å². The van der Waals surface area contributed by atoms with Crippen molar-refractivity contribution >= 4 is 29.2 Å². The Kier molecular flexibility index (Phi) is 6.53. The molecule has 26 heavy (non-hydrogen) atoms. The molecule has 0 N–H and O–H groups in total. The lowest BCUT2D eigenvalue weighted by Gasteiger charge is -2.07. The molecule has 0 aliphatic heterocycles. The van der Waals surface area contributed by atoms with Gasteiger partial charge < -0.3 is 9.30 Å². The molecule has 2 rings (SSSR count). The Bertz CT molecular complexity index is 897. The quantitative estimate of drug-likeness (QED) is 0.317. The number of Topliss-reactive ketones (excluding diaryl/α,β-unsaturated/α-hetero) is 1. The van der Waals surface area contributed by atoms with E-state index in [4.69, 9.17) is 4.74 Å². The van der Waals surface area contributed by atoms with Crippen LogP contribution in [0, 0.1) is 32.1 Å². The van der Waals surface area contributed by atoms with Crippen molar-refractivity contribution in [2.75, 3.05) is 6.61 Å². The fourth-order valence-corrected chi connectivity index (χ4v) is 3.49. The van der Waals surface area contributed by atoms with Crippen LogP contribution in [-0.2, 0) is 16.1 Å². The van der Waals surface area contributed by atoms with Gasteiger partial charge >= 0.3 is 5.97 Å². The minimum atomic E-state index is -0.783. The molecule has 0 aliphatic carbocycles. The molecule has 0 aromatic carbocycles. The first-order valence-electron chi connectivity index (χ1n) is 8.42. The summed E-state index contributed by atoms with van der Waals surface area (Å²) < 4.78 is 7.19. The molecule has 6 heteroatoms. The predicted molar refractivity (Wildman–Crippen MR) is 102 cm³/mol. The number of carbonyl (C=O) groups is 2. The Morgan fingerprint density at radius 1 is 1.31 bits per heavy atom. The third kappa shape index (κ3) is 4.50. The minimum Gasteiger partial charge on any atom is -0.453 e. The van der Waals surface area contributed by atoms with Crippen molar-refractivity contribution in [2.24, 2.45) is 0 Å². The number of ether oxygens (including phenoxy) is 1. The summed E-state index contributed by atoms with van der Waals surface area (Å²) in [6.45, 7) is 8.46. The molecular weight excluding hydrogens is 348 g/mol. The van der Waals surface area contributed by atoms with Crippen molar-refractivity contribution in [3.63, 3.8) is 0 Å². The fourth-order valence-electron chi connectivity index (χ4n) is 2.70. The highest BCUT2D eigenvalue weighted by Gasteiger charge is 2.16. The first kappa shape index (κ1) is 19.7. The second kappa shape index (κ2) is 8.63. The van der Waals surface area contributed by atoms with Gasteiger partial charge in [-0.15, -0.1) is 11.3 Å². The SMILES string of the molecule is CCCn1c(C)cc(/C=C(\C#N)C(=O)OCC(=O)c2ccc(C)s2)c1C. The summed E-state index contributed by atoms with van der Waals surface area (Å²) in [4.78, 5) is 25.8. The predicted octanol–water partition coefficient (Wildman–Crippen LogP) is 4.22. The molecular formula is C20H22N2O3S. The summed E-state index contributed by atoms with van der Waals surface area (Å²) in [5.41, 5.74) is 2.76. The lowest BCUT2D eigenvalue weighted by molar-refractivity contribution is -0.137. The molecule has 2 heterocycles. The molecule has 2 aromatic rings. The van der Waals surface area contributed by atoms with Crippen molar-refractivity contribution in [3.8, 4) is 6.07 Å². The molecule has 0 amide bonds. The highest BCUT2D eigenvalue weighted by Crippen LogP contribution is 2.19. The van der Waals surface area contributed by atoms with Crippen LogP contribution in [0.5, 0.6) is 0 Å². The zero-order valence-electron chi connectivity index (χ0n) is 15.5. The maximum absolute atomic E-state index is 12.2. The highest BCUT2D eigenvalue weighted by molar-refractivity contribution is 7.14. The maximum atomic E-state index is 12.2. The van der Waals surface area contributed by atoms with E-state index in [2.05, 4.69) is 11.5 Å². The van der Waals surface area contributed by atoms with Gasteiger partial charge in [-0.3, -0.25) is 4.79 Å². The van der Waals surface area contributed by atoms with Crippen molar-refractivity contribution in [1.82, 2.24) is 4.57 Å². The van der Waals surface area contributed by atoms with E-state index in [0.29, 0.717) is 4.88 Å². The normalized spacial score (nSPS) is 11.3. The standard InChI is InChI=1S/C20H22N2O3S/c1-5-8-22-13(2)9-16(15(22)4)10-17(11-21)20(24)25-12-18(23)19-7-6-14(3)26-19/h6-7,9-10H,5,8,12H2,1-4H3/b17-10+. The highest BCUT2D eigenvalue weighted by atomic mass is 32.1. The van der Waals surface area contributed by atoms with Gasteiger partial charge in [0.25, 0.3) is 0 Å². The van der Waals surface area contributed by atoms with Crippen LogP contribution in [0.15, 0.2) is 23.8 Å². The van der Waals surface area contributed by atoms with Gasteiger partial charge in [0.05, 0.1) is 4.88 Å². The minimum absolute atomic E-state index is 0.114. The molecule has 136 valence electrons. The van der Waals surface area contributed by atoms with Gasteiger partial charge in [0.2, 0.25) is 5.78 Å². The van der Waals surface area contributed by atoms with Gasteiger partial charge in [-0.25, -0.2) is 4.79 Å². The average Bonchev–Trinajstić information content (AvgIpc) is 3.16. The van der Waals surface area contributed by atoms with E-state index in [9.17, 15) is 14.9 Å². The van der Waals surface area contributed by atoms with Crippen LogP contribution < -0.4 is 0 Å². The van der Waals surface area contributed by atoms with Gasteiger partial charge in [0.15, 0.2) is 6.61 Å². The number of hydrogen-bond donors (Lipinski definition) is 0. The molecule has 0 saturated heterocycles. The van der Waals surface area contributed by atoms with E-state index in [1.807, 2.05) is 39.0 Å². The van der Waals surface area contributed by atoms with Crippen LogP contribution in [0.2, 0.25) is 0 Å². The van der Waals surface area contributed by atoms with Gasteiger partial charge in [-0.2, -0.15) is 5.26 Å². The summed E-state index contributed by atoms with van der Waals surface area (Å²) in [6, 6.07) is 7.36. The number of aromatic nitrogens is 1. The van der Waals surface area contributed by atoms with E-state index in [1.165, 1.54) is 17.4 Å². The largest absolute Gasteiger partial charge is 0.453 e. The van der Waals surface area contributed by atoms with Crippen molar-refractivity contribution < 1.29 is 14.3 Å². The molecule has 0 fully saturated rings. The molecule has 2 aromatic heterocycles. The molecule has 0 aliphatic rings. The Morgan fingerprint density at radius 2 is 2.04 bits per heavy atom. The van der Waals surface area contributed by atoms with Gasteiger partial charge in [0.1, 0.15) is 11.6 Å². The monoisotopic (exact) mass is 370 g/mol. The first-order valence-corrected chi connectivity index (χ1v) is 9.24. The van der Waals surface area contributed by atoms with Crippen LogP contribution in [0.4, 0.5) is 0 Å². The van der Waals surface area contributed by atoms with E-state index in [1.54, 1.807) is 6.07 Å². The van der Waals surface area contributed by atoms with Crippen molar-refractivity contribution in [2.45, 2.75) is 40.7 Å². The fraction of sp³-hybridized carbons (Fsp3) is 0.350. The molecule has 0 atom stereocenters. The molecule has 0 bridgehead atoms. The van der Waals surface area contributed by atoms with Gasteiger partial charge in [-0.1, -0.05) is 6.92 Å². The molecule has 5 nitrogen and oxygen atoms in total. The molecule has 0 radical (unpaired) electrons. The first-order chi connectivity index (χ1) is 12.4. The second-order valence-corrected chi connectivity index (χ2v) is 7.35. The average molecular weight is 370 g/mol. The lowest BCUT2D eigenvalue weighted by atomic mass is 10.1. The maximum Gasteiger partial charge on any atom is 0.349 e. The topological polar surface area (TPSA) is 72.1 Å². The smallest absolute Gasteiger partial charge is 0.349 e. The van der Waals surface area contributed by atoms with E-state index in [-0.39, 0.29) is 18.0 Å². The summed E-state index contributed by atoms with van der Waals surface area (Å²) in [7, 11) is 0. The third-order valence-electron chi connectivity index (χ3n) is 4.05. The van der Waals surface area contributed by atoms with Crippen LogP contribution in [0.3, 0.4) is 0 Å². The van der Waals surface area contributed by atoms with E-state index < -0.39 is 5.97 Å². The van der Waals surface area contributed by atoms with E-state index in [0.717, 1.165) is 34.8 Å². The third-order valence-corrected chi connectivity index (χ3v) is 5.09. The number of carbonyl (C=O) groups excluding carboxylic acids is 2. The summed E-state index contributed by atoms with van der Waals surface area (Å²) in [6.07, 6.45) is 2.52. The summed E-state index contributed by atoms with van der Waals surface area (Å²) in [5, 5.41) is 9.30. The summed E-state index contributed by atoms with van der Waals surface area (Å²) in [5.74, 6) is -1.05.